The van der Waals surface area contributed by atoms with Crippen molar-refractivity contribution < 1.29 is 9.53 Å². The van der Waals surface area contributed by atoms with E-state index in [0.717, 1.165) is 16.9 Å². The number of para-hydroxylation sites is 1. The number of aromatic nitrogens is 3. The van der Waals surface area contributed by atoms with Crippen LogP contribution >= 0.6 is 23.4 Å². The van der Waals surface area contributed by atoms with Gasteiger partial charge >= 0.3 is 0 Å². The van der Waals surface area contributed by atoms with Gasteiger partial charge in [0.25, 0.3) is 0 Å². The Morgan fingerprint density at radius 2 is 1.96 bits per heavy atom. The van der Waals surface area contributed by atoms with Gasteiger partial charge in [-0.15, -0.1) is 10.2 Å². The summed E-state index contributed by atoms with van der Waals surface area (Å²) in [6.07, 6.45) is 0. The van der Waals surface area contributed by atoms with Crippen LogP contribution in [0.5, 0.6) is 5.75 Å². The second-order valence-corrected chi connectivity index (χ2v) is 7.69. The van der Waals surface area contributed by atoms with Crippen molar-refractivity contribution in [2.75, 3.05) is 11.1 Å². The fraction of sp³-hybridized carbons (Fsp3) is 0.250. The lowest BCUT2D eigenvalue weighted by atomic mass is 10.2. The number of nitrogens with one attached hydrogen (secondary N) is 1. The molecule has 0 aliphatic heterocycles. The van der Waals surface area contributed by atoms with Crippen LogP contribution in [0.15, 0.2) is 47.6 Å². The molecule has 0 spiro atoms. The molecule has 0 saturated heterocycles. The number of hydrogen-bond donors (Lipinski definition) is 1. The number of carbonyl (C=O) groups is 1. The molecule has 1 amide bonds. The Bertz CT molecular complexity index is 990. The first-order valence-corrected chi connectivity index (χ1v) is 10.1. The summed E-state index contributed by atoms with van der Waals surface area (Å²) in [5, 5.41) is 12.4. The molecule has 0 radical (unpaired) electrons. The largest absolute Gasteiger partial charge is 0.485 e. The molecule has 1 N–H and O–H groups in total. The third kappa shape index (κ3) is 5.05. The maximum atomic E-state index is 12.3. The van der Waals surface area contributed by atoms with Crippen LogP contribution in [0.25, 0.3) is 0 Å². The van der Waals surface area contributed by atoms with Crippen molar-refractivity contribution in [2.24, 2.45) is 7.05 Å². The van der Waals surface area contributed by atoms with Crippen LogP contribution in [0.4, 0.5) is 5.69 Å². The molecule has 3 aromatic rings. The molecule has 6 nitrogen and oxygen atoms in total. The minimum Gasteiger partial charge on any atom is -0.485 e. The maximum Gasteiger partial charge on any atom is 0.234 e. The number of aryl methyl sites for hydroxylation is 2. The highest BCUT2D eigenvalue weighted by Crippen LogP contribution is 2.22. The van der Waals surface area contributed by atoms with Crippen LogP contribution in [0, 0.1) is 13.8 Å². The van der Waals surface area contributed by atoms with Gasteiger partial charge < -0.3 is 14.6 Å². The van der Waals surface area contributed by atoms with Crippen molar-refractivity contribution in [3.63, 3.8) is 0 Å². The number of nitrogens with zero attached hydrogens (tertiary/aromatic N) is 3. The molecule has 8 heteroatoms. The Balaban J connectivity index is 1.56. The normalized spacial score (nSPS) is 10.7. The average Bonchev–Trinajstić information content (AvgIpc) is 3.02. The molecule has 0 aliphatic carbocycles. The number of anilines is 1. The van der Waals surface area contributed by atoms with Crippen molar-refractivity contribution in [2.45, 2.75) is 25.6 Å². The van der Waals surface area contributed by atoms with E-state index >= 15 is 0 Å². The van der Waals surface area contributed by atoms with Gasteiger partial charge in [0.05, 0.1) is 5.75 Å². The van der Waals surface area contributed by atoms with Gasteiger partial charge in [0, 0.05) is 17.8 Å². The molecule has 3 rings (SSSR count). The van der Waals surface area contributed by atoms with Crippen LogP contribution in [0.2, 0.25) is 5.02 Å². The zero-order valence-electron chi connectivity index (χ0n) is 15.9. The van der Waals surface area contributed by atoms with Crippen LogP contribution < -0.4 is 10.1 Å². The summed E-state index contributed by atoms with van der Waals surface area (Å²) in [5.74, 6) is 1.60. The molecule has 0 bridgehead atoms. The Labute approximate surface area is 173 Å². The smallest absolute Gasteiger partial charge is 0.234 e. The van der Waals surface area contributed by atoms with Gasteiger partial charge in [0.2, 0.25) is 5.91 Å². The molecule has 0 saturated carbocycles. The molecule has 28 heavy (non-hydrogen) atoms. The van der Waals surface area contributed by atoms with Gasteiger partial charge in [0.1, 0.15) is 12.4 Å². The molecule has 1 heterocycles. The standard InChI is InChI=1S/C20H21ClN4O2S/c1-13-8-9-15(21)10-16(13)22-19(26)12-28-20-24-23-18(25(20)3)11-27-17-7-5-4-6-14(17)2/h4-10H,11-12H2,1-3H3,(H,22,26). The molecular weight excluding hydrogens is 396 g/mol. The first-order valence-electron chi connectivity index (χ1n) is 8.69. The minimum absolute atomic E-state index is 0.129. The van der Waals surface area contributed by atoms with Gasteiger partial charge in [0.15, 0.2) is 11.0 Å². The predicted molar refractivity (Wildman–Crippen MR) is 112 cm³/mol. The maximum absolute atomic E-state index is 12.3. The van der Waals surface area contributed by atoms with Crippen LogP contribution in [0.3, 0.4) is 0 Å². The molecule has 146 valence electrons. The van der Waals surface area contributed by atoms with Gasteiger partial charge in [-0.2, -0.15) is 0 Å². The molecule has 0 aliphatic rings. The summed E-state index contributed by atoms with van der Waals surface area (Å²) in [6.45, 7) is 4.22. The molecule has 2 aromatic carbocycles. The summed E-state index contributed by atoms with van der Waals surface area (Å²) in [5.41, 5.74) is 2.73. The van der Waals surface area contributed by atoms with E-state index in [9.17, 15) is 4.79 Å². The molecule has 0 unspecified atom stereocenters. The Kier molecular flexibility index (Phi) is 6.59. The predicted octanol–water partition coefficient (Wildman–Crippen LogP) is 4.40. The van der Waals surface area contributed by atoms with Gasteiger partial charge in [-0.3, -0.25) is 4.79 Å². The second kappa shape index (κ2) is 9.12. The number of ether oxygens (including phenoxy) is 1. The lowest BCUT2D eigenvalue weighted by molar-refractivity contribution is -0.113. The summed E-state index contributed by atoms with van der Waals surface area (Å²) < 4.78 is 7.66. The quantitative estimate of drug-likeness (QED) is 0.578. The summed E-state index contributed by atoms with van der Waals surface area (Å²) in [6, 6.07) is 13.2. The van der Waals surface area contributed by atoms with Crippen molar-refractivity contribution in [3.8, 4) is 5.75 Å². The van der Waals surface area contributed by atoms with Crippen molar-refractivity contribution >= 4 is 35.0 Å². The van der Waals surface area contributed by atoms with Crippen molar-refractivity contribution in [3.05, 3.63) is 64.4 Å². The SMILES string of the molecule is Cc1ccc(Cl)cc1NC(=O)CSc1nnc(COc2ccccc2C)n1C. The first kappa shape index (κ1) is 20.2. The number of hydrogen-bond acceptors (Lipinski definition) is 5. The molecule has 1 aromatic heterocycles. The molecule has 0 fully saturated rings. The highest BCUT2D eigenvalue weighted by molar-refractivity contribution is 7.99. The van der Waals surface area contributed by atoms with E-state index in [1.165, 1.54) is 11.8 Å². The molecular formula is C20H21ClN4O2S. The second-order valence-electron chi connectivity index (χ2n) is 6.31. The Morgan fingerprint density at radius 3 is 2.75 bits per heavy atom. The lowest BCUT2D eigenvalue weighted by Crippen LogP contribution is -2.15. The summed E-state index contributed by atoms with van der Waals surface area (Å²) >= 11 is 7.31. The summed E-state index contributed by atoms with van der Waals surface area (Å²) in [4.78, 5) is 12.3. The number of thioether (sulfide) groups is 1. The first-order chi connectivity index (χ1) is 13.4. The number of halogens is 1. The van der Waals surface area contributed by atoms with E-state index in [2.05, 4.69) is 15.5 Å². The lowest BCUT2D eigenvalue weighted by Gasteiger charge is -2.09. The van der Waals surface area contributed by atoms with E-state index in [-0.39, 0.29) is 11.7 Å². The number of amides is 1. The van der Waals surface area contributed by atoms with Gasteiger partial charge in [-0.25, -0.2) is 0 Å². The topological polar surface area (TPSA) is 69.0 Å². The van der Waals surface area contributed by atoms with Crippen LogP contribution in [0.1, 0.15) is 17.0 Å². The van der Waals surface area contributed by atoms with E-state index < -0.39 is 0 Å². The van der Waals surface area contributed by atoms with Crippen molar-refractivity contribution in [1.82, 2.24) is 14.8 Å². The Morgan fingerprint density at radius 1 is 1.18 bits per heavy atom. The summed E-state index contributed by atoms with van der Waals surface area (Å²) in [7, 11) is 1.86. The number of rotatable bonds is 7. The van der Waals surface area contributed by atoms with Crippen LogP contribution in [-0.2, 0) is 18.4 Å². The minimum atomic E-state index is -0.129. The van der Waals surface area contributed by atoms with E-state index in [1.807, 2.05) is 55.8 Å². The third-order valence-corrected chi connectivity index (χ3v) is 5.44. The van der Waals surface area contributed by atoms with Gasteiger partial charge in [-0.05, 0) is 43.2 Å². The average molecular weight is 417 g/mol. The van der Waals surface area contributed by atoms with Crippen LogP contribution in [-0.4, -0.2) is 26.4 Å². The highest BCUT2D eigenvalue weighted by atomic mass is 35.5. The fourth-order valence-electron chi connectivity index (χ4n) is 2.50. The number of carbonyl (C=O) groups excluding carboxylic acids is 1. The van der Waals surface area contributed by atoms with E-state index in [0.29, 0.717) is 28.3 Å². The fourth-order valence-corrected chi connectivity index (χ4v) is 3.40. The van der Waals surface area contributed by atoms with E-state index in [4.69, 9.17) is 16.3 Å². The van der Waals surface area contributed by atoms with E-state index in [1.54, 1.807) is 12.1 Å². The molecule has 0 atom stereocenters. The monoisotopic (exact) mass is 416 g/mol. The van der Waals surface area contributed by atoms with Crippen molar-refractivity contribution in [1.29, 1.82) is 0 Å². The van der Waals surface area contributed by atoms with Gasteiger partial charge in [-0.1, -0.05) is 47.6 Å². The Hall–Kier alpha value is -2.51. The highest BCUT2D eigenvalue weighted by Gasteiger charge is 2.13. The number of benzene rings is 2. The third-order valence-electron chi connectivity index (χ3n) is 4.18. The zero-order chi connectivity index (χ0) is 20.1. The zero-order valence-corrected chi connectivity index (χ0v) is 17.5.